The number of piperidine rings is 1. The first-order valence-electron chi connectivity index (χ1n) is 8.97. The maximum Gasteiger partial charge on any atom is 0.246 e. The zero-order valence-electron chi connectivity index (χ0n) is 15.2. The summed E-state index contributed by atoms with van der Waals surface area (Å²) in [4.78, 5) is 26.9. The van der Waals surface area contributed by atoms with E-state index in [9.17, 15) is 9.59 Å². The largest absolute Gasteiger partial charge is 0.497 e. The Morgan fingerprint density at radius 2 is 1.81 bits per heavy atom. The van der Waals surface area contributed by atoms with Gasteiger partial charge in [0.25, 0.3) is 0 Å². The number of carbonyl (C=O) groups is 2. The zero-order chi connectivity index (χ0) is 19.2. The summed E-state index contributed by atoms with van der Waals surface area (Å²) >= 11 is 3.42. The Kier molecular flexibility index (Phi) is 6.45. The van der Waals surface area contributed by atoms with Gasteiger partial charge in [0.05, 0.1) is 7.11 Å². The summed E-state index contributed by atoms with van der Waals surface area (Å²) in [5, 5.41) is 0. The van der Waals surface area contributed by atoms with Gasteiger partial charge in [-0.1, -0.05) is 28.1 Å². The van der Waals surface area contributed by atoms with Crippen molar-refractivity contribution < 1.29 is 14.3 Å². The molecule has 1 saturated heterocycles. The van der Waals surface area contributed by atoms with Crippen LogP contribution in [-0.2, 0) is 4.79 Å². The lowest BCUT2D eigenvalue weighted by Gasteiger charge is -2.30. The molecule has 0 saturated carbocycles. The van der Waals surface area contributed by atoms with Crippen LogP contribution in [0.3, 0.4) is 0 Å². The zero-order valence-corrected chi connectivity index (χ0v) is 16.8. The highest BCUT2D eigenvalue weighted by Gasteiger charge is 2.27. The highest BCUT2D eigenvalue weighted by atomic mass is 79.9. The van der Waals surface area contributed by atoms with E-state index in [2.05, 4.69) is 15.9 Å². The maximum absolute atomic E-state index is 12.7. The van der Waals surface area contributed by atoms with Gasteiger partial charge in [0.2, 0.25) is 5.91 Å². The van der Waals surface area contributed by atoms with Crippen LogP contribution < -0.4 is 4.74 Å². The number of likely N-dealkylation sites (tertiary alicyclic amines) is 1. The molecule has 4 nitrogen and oxygen atoms in total. The van der Waals surface area contributed by atoms with Gasteiger partial charge in [-0.2, -0.15) is 0 Å². The number of hydrogen-bond donors (Lipinski definition) is 0. The van der Waals surface area contributed by atoms with Crippen LogP contribution in [0.1, 0.15) is 28.8 Å². The number of ether oxygens (including phenoxy) is 1. The molecule has 27 heavy (non-hydrogen) atoms. The molecule has 0 unspecified atom stereocenters. The molecule has 2 aromatic rings. The van der Waals surface area contributed by atoms with Crippen LogP contribution >= 0.6 is 15.9 Å². The predicted molar refractivity (Wildman–Crippen MR) is 110 cm³/mol. The minimum atomic E-state index is -0.0310. The van der Waals surface area contributed by atoms with Crippen molar-refractivity contribution in [3.05, 3.63) is 70.2 Å². The summed E-state index contributed by atoms with van der Waals surface area (Å²) in [6, 6.07) is 15.0. The molecule has 2 aromatic carbocycles. The highest BCUT2D eigenvalue weighted by molar-refractivity contribution is 9.10. The lowest BCUT2D eigenvalue weighted by Crippen LogP contribution is -2.39. The van der Waals surface area contributed by atoms with Gasteiger partial charge in [-0.05, 0) is 60.9 Å². The van der Waals surface area contributed by atoms with E-state index in [0.717, 1.165) is 15.8 Å². The van der Waals surface area contributed by atoms with Crippen LogP contribution in [0.2, 0.25) is 0 Å². The van der Waals surface area contributed by atoms with Crippen molar-refractivity contribution in [3.63, 3.8) is 0 Å². The Bertz CT molecular complexity index is 837. The van der Waals surface area contributed by atoms with E-state index in [1.165, 1.54) is 0 Å². The Morgan fingerprint density at radius 1 is 1.11 bits per heavy atom. The van der Waals surface area contributed by atoms with Gasteiger partial charge in [0.15, 0.2) is 5.78 Å². The first-order chi connectivity index (χ1) is 13.1. The molecule has 5 heteroatoms. The monoisotopic (exact) mass is 427 g/mol. The third-order valence-corrected chi connectivity index (χ3v) is 5.31. The summed E-state index contributed by atoms with van der Waals surface area (Å²) in [6.45, 7) is 1.21. The number of halogens is 1. The Morgan fingerprint density at radius 3 is 2.44 bits per heavy atom. The molecule has 0 aromatic heterocycles. The average molecular weight is 428 g/mol. The standard InChI is InChI=1S/C22H22BrNO3/c1-27-20-8-6-17(7-9-20)22(26)18-11-13-24(14-12-18)21(25)10-5-16-3-2-4-19(23)15-16/h2-10,15,18H,11-14H2,1H3/b10-5+. The van der Waals surface area contributed by atoms with E-state index in [4.69, 9.17) is 4.74 Å². The lowest BCUT2D eigenvalue weighted by atomic mass is 9.89. The summed E-state index contributed by atoms with van der Waals surface area (Å²) in [7, 11) is 1.61. The molecular weight excluding hydrogens is 406 g/mol. The van der Waals surface area contributed by atoms with E-state index in [1.807, 2.05) is 35.2 Å². The minimum Gasteiger partial charge on any atom is -0.497 e. The molecule has 0 atom stereocenters. The number of ketones is 1. The number of hydrogen-bond acceptors (Lipinski definition) is 3. The predicted octanol–water partition coefficient (Wildman–Crippen LogP) is 4.59. The molecular formula is C22H22BrNO3. The van der Waals surface area contributed by atoms with Crippen LogP contribution in [0, 0.1) is 5.92 Å². The van der Waals surface area contributed by atoms with Crippen molar-refractivity contribution >= 4 is 33.7 Å². The summed E-state index contributed by atoms with van der Waals surface area (Å²) in [5.41, 5.74) is 1.68. The van der Waals surface area contributed by atoms with Crippen molar-refractivity contribution in [1.29, 1.82) is 0 Å². The molecule has 0 N–H and O–H groups in total. The first-order valence-corrected chi connectivity index (χ1v) is 9.77. The highest BCUT2D eigenvalue weighted by Crippen LogP contribution is 2.23. The number of methoxy groups -OCH3 is 1. The fraction of sp³-hybridized carbons (Fsp3) is 0.273. The quantitative estimate of drug-likeness (QED) is 0.517. The van der Waals surface area contributed by atoms with Gasteiger partial charge in [-0.15, -0.1) is 0 Å². The van der Waals surface area contributed by atoms with Crippen LogP contribution in [0.25, 0.3) is 6.08 Å². The summed E-state index contributed by atoms with van der Waals surface area (Å²) in [5.74, 6) is 0.848. The normalized spacial score (nSPS) is 15.1. The van der Waals surface area contributed by atoms with Crippen molar-refractivity contribution in [3.8, 4) is 5.75 Å². The average Bonchev–Trinajstić information content (AvgIpc) is 2.72. The molecule has 140 valence electrons. The van der Waals surface area contributed by atoms with Crippen molar-refractivity contribution in [1.82, 2.24) is 4.90 Å². The third-order valence-electron chi connectivity index (χ3n) is 4.82. The van der Waals surface area contributed by atoms with E-state index in [0.29, 0.717) is 31.5 Å². The summed E-state index contributed by atoms with van der Waals surface area (Å²) < 4.78 is 6.11. The van der Waals surface area contributed by atoms with Gasteiger partial charge in [-0.25, -0.2) is 0 Å². The van der Waals surface area contributed by atoms with Crippen LogP contribution in [0.4, 0.5) is 0 Å². The second-order valence-electron chi connectivity index (χ2n) is 6.58. The molecule has 1 heterocycles. The Labute approximate surface area is 168 Å². The van der Waals surface area contributed by atoms with E-state index in [1.54, 1.807) is 37.5 Å². The van der Waals surface area contributed by atoms with Gasteiger partial charge in [0.1, 0.15) is 5.75 Å². The number of rotatable bonds is 5. The van der Waals surface area contributed by atoms with Crippen LogP contribution in [0.5, 0.6) is 5.75 Å². The number of Topliss-reactive ketones (excluding diaryl/α,β-unsaturated/α-hetero) is 1. The molecule has 3 rings (SSSR count). The fourth-order valence-corrected chi connectivity index (χ4v) is 3.65. The molecule has 1 fully saturated rings. The Balaban J connectivity index is 1.54. The van der Waals surface area contributed by atoms with Gasteiger partial charge >= 0.3 is 0 Å². The SMILES string of the molecule is COc1ccc(C(=O)C2CCN(C(=O)/C=C/c3cccc(Br)c3)CC2)cc1. The van der Waals surface area contributed by atoms with Gasteiger partial charge in [0, 0.05) is 35.1 Å². The second kappa shape index (κ2) is 9.00. The number of carbonyl (C=O) groups excluding carboxylic acids is 2. The minimum absolute atomic E-state index is 0.00896. The first kappa shape index (κ1) is 19.4. The Hall–Kier alpha value is -2.40. The number of amides is 1. The van der Waals surface area contributed by atoms with Crippen LogP contribution in [-0.4, -0.2) is 36.8 Å². The number of benzene rings is 2. The smallest absolute Gasteiger partial charge is 0.246 e. The lowest BCUT2D eigenvalue weighted by molar-refractivity contribution is -0.127. The topological polar surface area (TPSA) is 46.6 Å². The van der Waals surface area contributed by atoms with Gasteiger partial charge in [-0.3, -0.25) is 9.59 Å². The van der Waals surface area contributed by atoms with E-state index in [-0.39, 0.29) is 17.6 Å². The second-order valence-corrected chi connectivity index (χ2v) is 7.50. The summed E-state index contributed by atoms with van der Waals surface area (Å²) in [6.07, 6.45) is 4.82. The van der Waals surface area contributed by atoms with E-state index >= 15 is 0 Å². The van der Waals surface area contributed by atoms with E-state index < -0.39 is 0 Å². The van der Waals surface area contributed by atoms with Gasteiger partial charge < -0.3 is 9.64 Å². The molecule has 1 aliphatic heterocycles. The third kappa shape index (κ3) is 5.07. The van der Waals surface area contributed by atoms with Crippen molar-refractivity contribution in [2.75, 3.05) is 20.2 Å². The maximum atomic E-state index is 12.7. The molecule has 0 aliphatic carbocycles. The molecule has 0 radical (unpaired) electrons. The molecule has 0 bridgehead atoms. The van der Waals surface area contributed by atoms with Crippen molar-refractivity contribution in [2.45, 2.75) is 12.8 Å². The number of nitrogens with zero attached hydrogens (tertiary/aromatic N) is 1. The van der Waals surface area contributed by atoms with Crippen molar-refractivity contribution in [2.24, 2.45) is 5.92 Å². The molecule has 1 amide bonds. The molecule has 1 aliphatic rings. The molecule has 0 spiro atoms. The fourth-order valence-electron chi connectivity index (χ4n) is 3.24. The van der Waals surface area contributed by atoms with Crippen LogP contribution in [0.15, 0.2) is 59.1 Å².